The Morgan fingerprint density at radius 2 is 2.18 bits per heavy atom. The number of carboxylic acids is 1. The zero-order chi connectivity index (χ0) is 28.2. The van der Waals surface area contributed by atoms with Crippen LogP contribution < -0.4 is 5.32 Å². The number of benzene rings is 1. The topological polar surface area (TPSA) is 104 Å². The number of likely N-dealkylation sites (tertiary alicyclic amines) is 1. The van der Waals surface area contributed by atoms with E-state index >= 15 is 0 Å². The highest BCUT2D eigenvalue weighted by atomic mass is 35.5. The van der Waals surface area contributed by atoms with Gasteiger partial charge in [0.05, 0.1) is 24.5 Å². The standard InChI is InChI=1S/C25H26ClF3N4O4S2/c1-2-37-24(36)20-18(10-33-9-14(8-25(28,29)13-33)11-38-12-19(34)35)31-22(23-30-5-6-39-23)32-21(20)16-4-3-15(27)7-17(16)26/h3-7,14,21H,2,8-13H2,1H3,(H,31,32)(H,34,35)/t14?,21-/m0/s1. The molecule has 2 aliphatic rings. The highest BCUT2D eigenvalue weighted by Gasteiger charge is 2.42. The average Bonchev–Trinajstić information content (AvgIpc) is 3.38. The molecular weight excluding hydrogens is 577 g/mol. The van der Waals surface area contributed by atoms with Crippen LogP contribution in [0.15, 0.2) is 46.0 Å². The monoisotopic (exact) mass is 602 g/mol. The lowest BCUT2D eigenvalue weighted by Gasteiger charge is -2.39. The van der Waals surface area contributed by atoms with Gasteiger partial charge in [0, 0.05) is 47.4 Å². The minimum absolute atomic E-state index is 0.0466. The number of thiazole rings is 1. The van der Waals surface area contributed by atoms with Crippen molar-refractivity contribution in [2.75, 3.05) is 37.7 Å². The molecule has 0 radical (unpaired) electrons. The number of nitrogens with zero attached hydrogens (tertiary/aromatic N) is 3. The number of esters is 1. The molecule has 0 bridgehead atoms. The lowest BCUT2D eigenvalue weighted by Crippen LogP contribution is -2.50. The molecule has 8 nitrogen and oxygen atoms in total. The van der Waals surface area contributed by atoms with E-state index in [0.717, 1.165) is 17.8 Å². The third-order valence-electron chi connectivity index (χ3n) is 6.03. The van der Waals surface area contributed by atoms with Gasteiger partial charge in [0.2, 0.25) is 0 Å². The highest BCUT2D eigenvalue weighted by molar-refractivity contribution is 7.99. The van der Waals surface area contributed by atoms with E-state index < -0.39 is 42.2 Å². The van der Waals surface area contributed by atoms with Gasteiger partial charge in [-0.3, -0.25) is 14.7 Å². The zero-order valence-electron chi connectivity index (χ0n) is 20.8. The number of amidine groups is 1. The van der Waals surface area contributed by atoms with Crippen molar-refractivity contribution >= 4 is 52.5 Å². The molecule has 2 N–H and O–H groups in total. The Morgan fingerprint density at radius 1 is 1.38 bits per heavy atom. The number of halogens is 4. The van der Waals surface area contributed by atoms with Gasteiger partial charge in [0.15, 0.2) is 10.8 Å². The van der Waals surface area contributed by atoms with Crippen LogP contribution in [-0.4, -0.2) is 76.4 Å². The predicted molar refractivity (Wildman–Crippen MR) is 144 cm³/mol. The van der Waals surface area contributed by atoms with Gasteiger partial charge in [-0.15, -0.1) is 23.1 Å². The number of alkyl halides is 2. The van der Waals surface area contributed by atoms with Crippen LogP contribution in [-0.2, 0) is 14.3 Å². The molecule has 1 fully saturated rings. The number of ether oxygens (including phenoxy) is 1. The summed E-state index contributed by atoms with van der Waals surface area (Å²) in [4.78, 5) is 34.6. The average molecular weight is 603 g/mol. The summed E-state index contributed by atoms with van der Waals surface area (Å²) in [5.41, 5.74) is 0.728. The smallest absolute Gasteiger partial charge is 0.338 e. The van der Waals surface area contributed by atoms with Crippen molar-refractivity contribution in [1.82, 2.24) is 15.2 Å². The molecule has 1 saturated heterocycles. The van der Waals surface area contributed by atoms with Crippen molar-refractivity contribution < 1.29 is 32.6 Å². The van der Waals surface area contributed by atoms with Gasteiger partial charge in [0.1, 0.15) is 11.9 Å². The molecule has 0 saturated carbocycles. The SMILES string of the molecule is CCOC(=O)C1=C(CN2CC(CSCC(=O)O)CC(F)(F)C2)NC(c2nccs2)=N[C@H]1c1ccc(F)cc1Cl. The van der Waals surface area contributed by atoms with Crippen LogP contribution >= 0.6 is 34.7 Å². The molecule has 0 spiro atoms. The zero-order valence-corrected chi connectivity index (χ0v) is 23.2. The molecule has 2 atom stereocenters. The fourth-order valence-corrected chi connectivity index (χ4v) is 6.35. The number of piperidine rings is 1. The lowest BCUT2D eigenvalue weighted by molar-refractivity contribution is -0.139. The predicted octanol–water partition coefficient (Wildman–Crippen LogP) is 4.62. The molecule has 2 aromatic rings. The van der Waals surface area contributed by atoms with Crippen LogP contribution in [0, 0.1) is 11.7 Å². The quantitative estimate of drug-likeness (QED) is 0.380. The molecular formula is C25H26ClF3N4O4S2. The first-order chi connectivity index (χ1) is 18.6. The maximum Gasteiger partial charge on any atom is 0.338 e. The van der Waals surface area contributed by atoms with E-state index in [9.17, 15) is 22.8 Å². The van der Waals surface area contributed by atoms with Crippen molar-refractivity contribution in [3.63, 3.8) is 0 Å². The number of carbonyl (C=O) groups is 2. The van der Waals surface area contributed by atoms with Gasteiger partial charge in [-0.1, -0.05) is 17.7 Å². The van der Waals surface area contributed by atoms with Crippen LogP contribution in [0.4, 0.5) is 13.2 Å². The number of aliphatic imine (C=N–C) groups is 1. The Morgan fingerprint density at radius 3 is 2.85 bits per heavy atom. The lowest BCUT2D eigenvalue weighted by atomic mass is 9.93. The molecule has 0 amide bonds. The molecule has 14 heteroatoms. The number of carbonyl (C=O) groups excluding carboxylic acids is 1. The first-order valence-corrected chi connectivity index (χ1v) is 14.5. The second-order valence-electron chi connectivity index (χ2n) is 9.13. The van der Waals surface area contributed by atoms with Crippen molar-refractivity contribution in [1.29, 1.82) is 0 Å². The maximum absolute atomic E-state index is 14.8. The third kappa shape index (κ3) is 7.53. The van der Waals surface area contributed by atoms with E-state index in [4.69, 9.17) is 21.4 Å². The van der Waals surface area contributed by atoms with E-state index in [1.165, 1.54) is 28.4 Å². The van der Waals surface area contributed by atoms with Crippen LogP contribution in [0.2, 0.25) is 5.02 Å². The van der Waals surface area contributed by atoms with Gasteiger partial charge in [0.25, 0.3) is 5.92 Å². The van der Waals surface area contributed by atoms with Crippen molar-refractivity contribution in [3.8, 4) is 0 Å². The molecule has 210 valence electrons. The summed E-state index contributed by atoms with van der Waals surface area (Å²) in [7, 11) is 0. The van der Waals surface area contributed by atoms with Crippen LogP contribution in [0.25, 0.3) is 0 Å². The number of nitrogens with one attached hydrogen (secondary N) is 1. The minimum atomic E-state index is -3.00. The second-order valence-corrected chi connectivity index (χ2v) is 11.5. The molecule has 2 aliphatic heterocycles. The Hall–Kier alpha value is -2.61. The third-order valence-corrected chi connectivity index (χ3v) is 8.30. The van der Waals surface area contributed by atoms with Gasteiger partial charge in [-0.05, 0) is 30.7 Å². The molecule has 1 aromatic heterocycles. The fraction of sp³-hybridized carbons (Fsp3) is 0.440. The number of carboxylic acid groups (broad SMARTS) is 1. The largest absolute Gasteiger partial charge is 0.481 e. The maximum atomic E-state index is 14.8. The van der Waals surface area contributed by atoms with E-state index in [1.54, 1.807) is 18.5 Å². The van der Waals surface area contributed by atoms with Gasteiger partial charge < -0.3 is 15.2 Å². The molecule has 1 aromatic carbocycles. The number of aromatic nitrogens is 1. The number of hydrogen-bond donors (Lipinski definition) is 2. The normalized spacial score (nSPS) is 21.3. The van der Waals surface area contributed by atoms with E-state index in [0.29, 0.717) is 22.1 Å². The summed E-state index contributed by atoms with van der Waals surface area (Å²) in [5, 5.41) is 14.3. The number of hydrogen-bond acceptors (Lipinski definition) is 9. The first kappa shape index (κ1) is 29.4. The van der Waals surface area contributed by atoms with Crippen molar-refractivity contribution in [2.45, 2.75) is 25.3 Å². The van der Waals surface area contributed by atoms with Gasteiger partial charge >= 0.3 is 11.9 Å². The van der Waals surface area contributed by atoms with E-state index in [-0.39, 0.29) is 48.2 Å². The summed E-state index contributed by atoms with van der Waals surface area (Å²) in [6, 6.07) is 2.75. The molecule has 4 rings (SSSR count). The Balaban J connectivity index is 1.72. The molecule has 3 heterocycles. The van der Waals surface area contributed by atoms with E-state index in [2.05, 4.69) is 15.3 Å². The molecule has 0 aliphatic carbocycles. The summed E-state index contributed by atoms with van der Waals surface area (Å²) in [5.74, 6) is -5.33. The Labute approximate surface area is 236 Å². The first-order valence-electron chi connectivity index (χ1n) is 12.1. The fourth-order valence-electron chi connectivity index (χ4n) is 4.64. The van der Waals surface area contributed by atoms with E-state index in [1.807, 2.05) is 0 Å². The summed E-state index contributed by atoms with van der Waals surface area (Å²) < 4.78 is 48.7. The van der Waals surface area contributed by atoms with Crippen molar-refractivity contribution in [2.24, 2.45) is 10.9 Å². The number of thioether (sulfide) groups is 1. The summed E-state index contributed by atoms with van der Waals surface area (Å²) >= 11 is 8.77. The second kappa shape index (κ2) is 12.7. The number of aliphatic carboxylic acids is 1. The van der Waals surface area contributed by atoms with Crippen LogP contribution in [0.5, 0.6) is 0 Å². The number of rotatable bonds is 10. The van der Waals surface area contributed by atoms with Crippen LogP contribution in [0.1, 0.15) is 30.0 Å². The summed E-state index contributed by atoms with van der Waals surface area (Å²) in [6.45, 7) is 1.37. The Kier molecular flexibility index (Phi) is 9.57. The molecule has 39 heavy (non-hydrogen) atoms. The summed E-state index contributed by atoms with van der Waals surface area (Å²) in [6.07, 6.45) is 1.23. The van der Waals surface area contributed by atoms with Gasteiger partial charge in [-0.2, -0.15) is 0 Å². The van der Waals surface area contributed by atoms with Crippen molar-refractivity contribution in [3.05, 3.63) is 62.5 Å². The highest BCUT2D eigenvalue weighted by Crippen LogP contribution is 2.38. The van der Waals surface area contributed by atoms with Gasteiger partial charge in [-0.25, -0.2) is 22.9 Å². The minimum Gasteiger partial charge on any atom is -0.481 e. The molecule has 1 unspecified atom stereocenters. The Bertz CT molecular complexity index is 1280. The van der Waals surface area contributed by atoms with Crippen LogP contribution in [0.3, 0.4) is 0 Å².